The quantitative estimate of drug-likeness (QED) is 0.820. The Labute approximate surface area is 145 Å². The molecule has 8 heteroatoms. The van der Waals surface area contributed by atoms with E-state index in [2.05, 4.69) is 10.0 Å². The second-order valence-electron chi connectivity index (χ2n) is 5.00. The van der Waals surface area contributed by atoms with Gasteiger partial charge in [0.15, 0.2) is 6.61 Å². The lowest BCUT2D eigenvalue weighted by Gasteiger charge is -2.12. The molecule has 0 heterocycles. The van der Waals surface area contributed by atoms with Crippen LogP contribution in [0.25, 0.3) is 0 Å². The van der Waals surface area contributed by atoms with Gasteiger partial charge in [-0.25, -0.2) is 8.42 Å². The van der Waals surface area contributed by atoms with Crippen molar-refractivity contribution in [2.75, 3.05) is 18.4 Å². The molecule has 0 radical (unpaired) electrons. The topological polar surface area (TPSA) is 84.5 Å². The molecule has 0 saturated heterocycles. The average molecular weight is 369 g/mol. The standard InChI is InChI=1S/C16H17ClN2O4S/c1-11-9-14(7-8-15(11)23-10-16(20)18-2)24(21,22)19-13-5-3-12(17)4-6-13/h3-9,19H,10H2,1-2H3,(H,18,20). The smallest absolute Gasteiger partial charge is 0.261 e. The van der Waals surface area contributed by atoms with Gasteiger partial charge in [0.1, 0.15) is 5.75 Å². The lowest BCUT2D eigenvalue weighted by Crippen LogP contribution is -2.25. The Balaban J connectivity index is 2.17. The largest absolute Gasteiger partial charge is 0.484 e. The van der Waals surface area contributed by atoms with Crippen LogP contribution in [0.5, 0.6) is 5.75 Å². The number of ether oxygens (including phenoxy) is 1. The van der Waals surface area contributed by atoms with Crippen LogP contribution in [0.1, 0.15) is 5.56 Å². The van der Waals surface area contributed by atoms with Crippen LogP contribution in [0.4, 0.5) is 5.69 Å². The molecule has 128 valence electrons. The zero-order valence-electron chi connectivity index (χ0n) is 13.2. The van der Waals surface area contributed by atoms with E-state index in [9.17, 15) is 13.2 Å². The molecule has 0 aliphatic heterocycles. The fraction of sp³-hybridized carbons (Fsp3) is 0.188. The van der Waals surface area contributed by atoms with Gasteiger partial charge >= 0.3 is 0 Å². The van der Waals surface area contributed by atoms with Crippen molar-refractivity contribution >= 4 is 33.2 Å². The van der Waals surface area contributed by atoms with Gasteiger partial charge < -0.3 is 10.1 Å². The van der Waals surface area contributed by atoms with Crippen LogP contribution in [-0.2, 0) is 14.8 Å². The highest BCUT2D eigenvalue weighted by atomic mass is 35.5. The van der Waals surface area contributed by atoms with Gasteiger partial charge in [0, 0.05) is 17.8 Å². The molecule has 2 rings (SSSR count). The lowest BCUT2D eigenvalue weighted by atomic mass is 10.2. The molecule has 0 unspecified atom stereocenters. The Bertz CT molecular complexity index is 836. The van der Waals surface area contributed by atoms with E-state index in [-0.39, 0.29) is 17.4 Å². The molecule has 0 aromatic heterocycles. The van der Waals surface area contributed by atoms with Crippen LogP contribution >= 0.6 is 11.6 Å². The van der Waals surface area contributed by atoms with Crippen LogP contribution in [0.3, 0.4) is 0 Å². The Kier molecular flexibility index (Phi) is 5.69. The highest BCUT2D eigenvalue weighted by molar-refractivity contribution is 7.92. The van der Waals surface area contributed by atoms with Gasteiger partial charge in [-0.15, -0.1) is 0 Å². The second kappa shape index (κ2) is 7.55. The van der Waals surface area contributed by atoms with Crippen molar-refractivity contribution in [2.24, 2.45) is 0 Å². The highest BCUT2D eigenvalue weighted by Crippen LogP contribution is 2.24. The highest BCUT2D eigenvalue weighted by Gasteiger charge is 2.16. The predicted molar refractivity (Wildman–Crippen MR) is 93.0 cm³/mol. The lowest BCUT2D eigenvalue weighted by molar-refractivity contribution is -0.122. The number of halogens is 1. The molecule has 0 atom stereocenters. The molecule has 0 fully saturated rings. The maximum atomic E-state index is 12.4. The van der Waals surface area contributed by atoms with Gasteiger partial charge in [0.25, 0.3) is 15.9 Å². The van der Waals surface area contributed by atoms with Gasteiger partial charge in [-0.1, -0.05) is 11.6 Å². The van der Waals surface area contributed by atoms with Crippen molar-refractivity contribution < 1.29 is 17.9 Å². The first-order valence-corrected chi connectivity index (χ1v) is 8.90. The molecule has 1 amide bonds. The van der Waals surface area contributed by atoms with Gasteiger partial charge in [-0.3, -0.25) is 9.52 Å². The Morgan fingerprint density at radius 1 is 1.17 bits per heavy atom. The molecule has 0 aliphatic carbocycles. The number of nitrogens with one attached hydrogen (secondary N) is 2. The van der Waals surface area contributed by atoms with Crippen molar-refractivity contribution in [1.82, 2.24) is 5.32 Å². The number of rotatable bonds is 6. The van der Waals surface area contributed by atoms with E-state index in [4.69, 9.17) is 16.3 Å². The third-order valence-corrected chi connectivity index (χ3v) is 4.82. The fourth-order valence-electron chi connectivity index (χ4n) is 1.90. The van der Waals surface area contributed by atoms with Crippen molar-refractivity contribution in [3.05, 3.63) is 53.1 Å². The normalized spacial score (nSPS) is 11.0. The predicted octanol–water partition coefficient (Wildman–Crippen LogP) is 2.57. The molecule has 2 aromatic rings. The number of likely N-dealkylation sites (N-methyl/N-ethyl adjacent to an activating group) is 1. The average Bonchev–Trinajstić information content (AvgIpc) is 2.55. The minimum Gasteiger partial charge on any atom is -0.484 e. The van der Waals surface area contributed by atoms with Gasteiger partial charge in [0.05, 0.1) is 4.90 Å². The van der Waals surface area contributed by atoms with Gasteiger partial charge in [0.2, 0.25) is 0 Å². The first kappa shape index (κ1) is 18.1. The molecule has 2 aromatic carbocycles. The van der Waals surface area contributed by atoms with Crippen molar-refractivity contribution in [3.8, 4) is 5.75 Å². The zero-order valence-corrected chi connectivity index (χ0v) is 14.7. The first-order chi connectivity index (χ1) is 11.3. The van der Waals surface area contributed by atoms with Gasteiger partial charge in [-0.2, -0.15) is 0 Å². The van der Waals surface area contributed by atoms with Crippen LogP contribution in [0, 0.1) is 6.92 Å². The number of sulfonamides is 1. The summed E-state index contributed by atoms with van der Waals surface area (Å²) in [5, 5.41) is 2.96. The fourth-order valence-corrected chi connectivity index (χ4v) is 3.17. The van der Waals surface area contributed by atoms with E-state index in [1.165, 1.54) is 25.2 Å². The summed E-state index contributed by atoms with van der Waals surface area (Å²) in [6.07, 6.45) is 0. The van der Waals surface area contributed by atoms with E-state index in [0.29, 0.717) is 22.0 Å². The third kappa shape index (κ3) is 4.62. The van der Waals surface area contributed by atoms with Crippen molar-refractivity contribution in [2.45, 2.75) is 11.8 Å². The Morgan fingerprint density at radius 2 is 1.83 bits per heavy atom. The minimum absolute atomic E-state index is 0.0993. The van der Waals surface area contributed by atoms with Crippen LogP contribution in [-0.4, -0.2) is 28.0 Å². The number of aryl methyl sites for hydroxylation is 1. The SMILES string of the molecule is CNC(=O)COc1ccc(S(=O)(=O)Nc2ccc(Cl)cc2)cc1C. The summed E-state index contributed by atoms with van der Waals surface area (Å²) in [7, 11) is -2.22. The maximum absolute atomic E-state index is 12.4. The molecule has 0 bridgehead atoms. The Morgan fingerprint density at radius 3 is 2.42 bits per heavy atom. The maximum Gasteiger partial charge on any atom is 0.261 e. The van der Waals surface area contributed by atoms with Crippen LogP contribution in [0.2, 0.25) is 5.02 Å². The Hall–Kier alpha value is -2.25. The zero-order chi connectivity index (χ0) is 17.7. The molecule has 6 nitrogen and oxygen atoms in total. The van der Waals surface area contributed by atoms with E-state index in [1.54, 1.807) is 31.2 Å². The van der Waals surface area contributed by atoms with Gasteiger partial charge in [-0.05, 0) is 55.0 Å². The summed E-state index contributed by atoms with van der Waals surface area (Å²) in [6, 6.07) is 10.8. The van der Waals surface area contributed by atoms with Crippen LogP contribution in [0.15, 0.2) is 47.4 Å². The summed E-state index contributed by atoms with van der Waals surface area (Å²) in [5.41, 5.74) is 1.02. The van der Waals surface area contributed by atoms with Crippen molar-refractivity contribution in [3.63, 3.8) is 0 Å². The second-order valence-corrected chi connectivity index (χ2v) is 7.12. The number of anilines is 1. The van der Waals surface area contributed by atoms with Crippen molar-refractivity contribution in [1.29, 1.82) is 0 Å². The summed E-state index contributed by atoms with van der Waals surface area (Å²) in [6.45, 7) is 1.58. The minimum atomic E-state index is -3.73. The van der Waals surface area contributed by atoms with E-state index in [0.717, 1.165) is 0 Å². The summed E-state index contributed by atoms with van der Waals surface area (Å²) in [5.74, 6) is 0.180. The molecule has 2 N–H and O–H groups in total. The number of amides is 1. The van der Waals surface area contributed by atoms with E-state index >= 15 is 0 Å². The van der Waals surface area contributed by atoms with E-state index < -0.39 is 10.0 Å². The summed E-state index contributed by atoms with van der Waals surface area (Å²) < 4.78 is 32.6. The molecule has 0 saturated carbocycles. The molecular formula is C16H17ClN2O4S. The number of carbonyl (C=O) groups is 1. The number of benzene rings is 2. The number of hydrogen-bond acceptors (Lipinski definition) is 4. The third-order valence-electron chi connectivity index (χ3n) is 3.19. The summed E-state index contributed by atoms with van der Waals surface area (Å²) >= 11 is 5.78. The van der Waals surface area contributed by atoms with E-state index in [1.807, 2.05) is 0 Å². The first-order valence-electron chi connectivity index (χ1n) is 7.04. The monoisotopic (exact) mass is 368 g/mol. The molecule has 24 heavy (non-hydrogen) atoms. The van der Waals surface area contributed by atoms with Crippen LogP contribution < -0.4 is 14.8 Å². The number of carbonyl (C=O) groups excluding carboxylic acids is 1. The summed E-state index contributed by atoms with van der Waals surface area (Å²) in [4.78, 5) is 11.3. The molecule has 0 aliphatic rings. The number of hydrogen-bond donors (Lipinski definition) is 2. The molecular weight excluding hydrogens is 352 g/mol. The molecule has 0 spiro atoms.